The van der Waals surface area contributed by atoms with Crippen LogP contribution in [0.2, 0.25) is 0 Å². The number of rotatable bonds is 2. The van der Waals surface area contributed by atoms with Crippen LogP contribution in [0.25, 0.3) is 16.9 Å². The Hall–Kier alpha value is -3.61. The molecule has 160 valence electrons. The van der Waals surface area contributed by atoms with E-state index >= 15 is 0 Å². The first-order valence-corrected chi connectivity index (χ1v) is 9.81. The van der Waals surface area contributed by atoms with Crippen LogP contribution in [0.1, 0.15) is 40.0 Å². The zero-order valence-electron chi connectivity index (χ0n) is 17.3. The number of aromatic nitrogens is 3. The summed E-state index contributed by atoms with van der Waals surface area (Å²) >= 11 is 0. The minimum atomic E-state index is -1.15. The van der Waals surface area contributed by atoms with Crippen LogP contribution in [0, 0.1) is 25.7 Å². The summed E-state index contributed by atoms with van der Waals surface area (Å²) in [6.45, 7) is 4.47. The second kappa shape index (κ2) is 7.58. The van der Waals surface area contributed by atoms with E-state index in [-0.39, 0.29) is 28.3 Å². The van der Waals surface area contributed by atoms with E-state index in [1.54, 1.807) is 23.6 Å². The van der Waals surface area contributed by atoms with Gasteiger partial charge in [-0.2, -0.15) is 0 Å². The van der Waals surface area contributed by atoms with Gasteiger partial charge in [-0.3, -0.25) is 9.36 Å². The number of hydrogen-bond acceptors (Lipinski definition) is 7. The number of aromatic hydroxyl groups is 1. The monoisotopic (exact) mass is 421 g/mol. The Labute approximate surface area is 178 Å². The SMILES string of the molecule is Cc1ccc(O)c(C)c1-n1c(N)c(C(N)=O)c2ncc(C#CC3(O)CCOCC3)nc21. The zero-order chi connectivity index (χ0) is 22.3. The van der Waals surface area contributed by atoms with Crippen molar-refractivity contribution in [2.75, 3.05) is 18.9 Å². The summed E-state index contributed by atoms with van der Waals surface area (Å²) in [6.07, 6.45) is 2.23. The molecule has 0 spiro atoms. The third-order valence-electron chi connectivity index (χ3n) is 5.52. The van der Waals surface area contributed by atoms with E-state index in [0.717, 1.165) is 5.56 Å². The third-order valence-corrected chi connectivity index (χ3v) is 5.52. The Balaban J connectivity index is 1.95. The minimum absolute atomic E-state index is 0.0483. The number of aryl methyl sites for hydroxylation is 1. The number of phenols is 1. The van der Waals surface area contributed by atoms with Gasteiger partial charge in [-0.25, -0.2) is 9.97 Å². The molecule has 1 aliphatic rings. The van der Waals surface area contributed by atoms with Gasteiger partial charge < -0.3 is 26.4 Å². The molecule has 1 amide bonds. The van der Waals surface area contributed by atoms with Crippen LogP contribution in [-0.4, -0.2) is 49.5 Å². The molecule has 1 aliphatic heterocycles. The van der Waals surface area contributed by atoms with E-state index in [9.17, 15) is 15.0 Å². The van der Waals surface area contributed by atoms with Gasteiger partial charge in [-0.05, 0) is 31.4 Å². The van der Waals surface area contributed by atoms with Crippen molar-refractivity contribution in [2.24, 2.45) is 5.73 Å². The first kappa shape index (κ1) is 20.7. The fourth-order valence-corrected chi connectivity index (χ4v) is 3.77. The fraction of sp³-hybridized carbons (Fsp3) is 0.318. The molecule has 0 aliphatic carbocycles. The Kier molecular flexibility index (Phi) is 5.05. The Morgan fingerprint density at radius 3 is 2.68 bits per heavy atom. The number of carbonyl (C=O) groups is 1. The van der Waals surface area contributed by atoms with Crippen molar-refractivity contribution in [1.29, 1.82) is 0 Å². The van der Waals surface area contributed by atoms with Gasteiger partial charge in [-0.15, -0.1) is 0 Å². The number of aliphatic hydroxyl groups is 1. The zero-order valence-corrected chi connectivity index (χ0v) is 17.3. The quantitative estimate of drug-likeness (QED) is 0.456. The molecule has 9 heteroatoms. The summed E-state index contributed by atoms with van der Waals surface area (Å²) in [7, 11) is 0. The molecule has 3 heterocycles. The Morgan fingerprint density at radius 1 is 1.29 bits per heavy atom. The number of hydrogen-bond donors (Lipinski definition) is 4. The average molecular weight is 421 g/mol. The van der Waals surface area contributed by atoms with Gasteiger partial charge in [0, 0.05) is 18.4 Å². The predicted octanol–water partition coefficient (Wildman–Crippen LogP) is 1.32. The van der Waals surface area contributed by atoms with Crippen molar-refractivity contribution in [2.45, 2.75) is 32.3 Å². The number of nitrogens with zero attached hydrogens (tertiary/aromatic N) is 3. The van der Waals surface area contributed by atoms with Gasteiger partial charge in [0.2, 0.25) is 0 Å². The highest BCUT2D eigenvalue weighted by atomic mass is 16.5. The maximum atomic E-state index is 12.1. The first-order chi connectivity index (χ1) is 14.7. The van der Waals surface area contributed by atoms with Crippen molar-refractivity contribution in [1.82, 2.24) is 14.5 Å². The first-order valence-electron chi connectivity index (χ1n) is 9.81. The van der Waals surface area contributed by atoms with Crippen molar-refractivity contribution >= 4 is 22.9 Å². The van der Waals surface area contributed by atoms with Crippen LogP contribution in [0.4, 0.5) is 5.82 Å². The van der Waals surface area contributed by atoms with E-state index in [1.165, 1.54) is 6.20 Å². The molecule has 3 aromatic rings. The molecule has 2 aromatic heterocycles. The standard InChI is InChI=1S/C22H23N5O4/c1-12-3-4-15(28)13(2)18(12)27-19(23)16(20(24)29)17-21(27)26-14(11-25-17)5-6-22(30)7-9-31-10-8-22/h3-4,11,28,30H,7-10,23H2,1-2H3,(H2,24,29). The number of phenolic OH excluding ortho intramolecular Hbond substituents is 1. The van der Waals surface area contributed by atoms with Crippen molar-refractivity contribution in [3.8, 4) is 23.3 Å². The number of carbonyl (C=O) groups excluding carboxylic acids is 1. The van der Waals surface area contributed by atoms with Crippen LogP contribution in [0.5, 0.6) is 5.75 Å². The molecule has 1 fully saturated rings. The summed E-state index contributed by atoms with van der Waals surface area (Å²) in [6, 6.07) is 3.33. The van der Waals surface area contributed by atoms with Crippen molar-refractivity contribution < 1.29 is 19.7 Å². The number of ether oxygens (including phenoxy) is 1. The molecule has 1 saturated heterocycles. The molecule has 0 atom stereocenters. The van der Waals surface area contributed by atoms with E-state index in [4.69, 9.17) is 16.2 Å². The van der Waals surface area contributed by atoms with E-state index in [0.29, 0.717) is 43.0 Å². The normalized spacial score (nSPS) is 15.5. The number of nitrogens with two attached hydrogens (primary N) is 2. The van der Waals surface area contributed by atoms with Gasteiger partial charge in [-0.1, -0.05) is 12.0 Å². The van der Waals surface area contributed by atoms with Gasteiger partial charge in [0.25, 0.3) is 5.91 Å². The van der Waals surface area contributed by atoms with Gasteiger partial charge >= 0.3 is 0 Å². The second-order valence-electron chi connectivity index (χ2n) is 7.66. The number of benzene rings is 1. The lowest BCUT2D eigenvalue weighted by molar-refractivity contribution is -0.0262. The van der Waals surface area contributed by atoms with Gasteiger partial charge in [0.15, 0.2) is 5.65 Å². The fourth-order valence-electron chi connectivity index (χ4n) is 3.77. The van der Waals surface area contributed by atoms with Gasteiger partial charge in [0.1, 0.15) is 33.9 Å². The molecule has 0 unspecified atom stereocenters. The summed E-state index contributed by atoms with van der Waals surface area (Å²) in [5, 5.41) is 20.8. The Bertz CT molecular complexity index is 1260. The van der Waals surface area contributed by atoms with Crippen LogP contribution in [0.15, 0.2) is 18.3 Å². The lowest BCUT2D eigenvalue weighted by Gasteiger charge is -2.26. The molecular formula is C22H23N5O4. The molecule has 4 rings (SSSR count). The molecule has 9 nitrogen and oxygen atoms in total. The maximum absolute atomic E-state index is 12.1. The lowest BCUT2D eigenvalue weighted by Crippen LogP contribution is -2.34. The molecular weight excluding hydrogens is 398 g/mol. The van der Waals surface area contributed by atoms with E-state index in [1.807, 2.05) is 6.92 Å². The summed E-state index contributed by atoms with van der Waals surface area (Å²) in [5.41, 5.74) is 13.6. The average Bonchev–Trinajstić information content (AvgIpc) is 3.02. The number of fused-ring (bicyclic) bond motifs is 1. The molecule has 0 saturated carbocycles. The second-order valence-corrected chi connectivity index (χ2v) is 7.66. The lowest BCUT2D eigenvalue weighted by atomic mass is 9.95. The molecule has 1 aromatic carbocycles. The minimum Gasteiger partial charge on any atom is -0.508 e. The molecule has 6 N–H and O–H groups in total. The topological polar surface area (TPSA) is 150 Å². The summed E-state index contributed by atoms with van der Waals surface area (Å²) in [5.74, 6) is 5.16. The highest BCUT2D eigenvalue weighted by molar-refractivity contribution is 6.09. The number of nitrogen functional groups attached to an aromatic ring is 1. The van der Waals surface area contributed by atoms with Crippen molar-refractivity contribution in [3.05, 3.63) is 40.7 Å². The molecule has 0 radical (unpaired) electrons. The van der Waals surface area contributed by atoms with E-state index in [2.05, 4.69) is 21.8 Å². The number of amides is 1. The summed E-state index contributed by atoms with van der Waals surface area (Å²) < 4.78 is 6.83. The third kappa shape index (κ3) is 3.56. The van der Waals surface area contributed by atoms with Crippen LogP contribution in [0.3, 0.4) is 0 Å². The highest BCUT2D eigenvalue weighted by Gasteiger charge is 2.28. The molecule has 0 bridgehead atoms. The predicted molar refractivity (Wildman–Crippen MR) is 115 cm³/mol. The van der Waals surface area contributed by atoms with E-state index < -0.39 is 11.5 Å². The number of anilines is 1. The Morgan fingerprint density at radius 2 is 2.00 bits per heavy atom. The van der Waals surface area contributed by atoms with Gasteiger partial charge in [0.05, 0.1) is 25.1 Å². The smallest absolute Gasteiger partial charge is 0.254 e. The van der Waals surface area contributed by atoms with Crippen molar-refractivity contribution in [3.63, 3.8) is 0 Å². The van der Waals surface area contributed by atoms with Crippen LogP contribution < -0.4 is 11.5 Å². The van der Waals surface area contributed by atoms with Crippen LogP contribution >= 0.6 is 0 Å². The summed E-state index contributed by atoms with van der Waals surface area (Å²) in [4.78, 5) is 21.0. The van der Waals surface area contributed by atoms with Crippen LogP contribution in [-0.2, 0) is 4.74 Å². The highest BCUT2D eigenvalue weighted by Crippen LogP contribution is 2.34. The molecule has 31 heavy (non-hydrogen) atoms. The maximum Gasteiger partial charge on any atom is 0.254 e. The largest absolute Gasteiger partial charge is 0.508 e. The number of primary amides is 1.